The predicted octanol–water partition coefficient (Wildman–Crippen LogP) is 3.15. The molecule has 0 spiro atoms. The van der Waals surface area contributed by atoms with E-state index in [1.807, 2.05) is 29.4 Å². The van der Waals surface area contributed by atoms with Crippen LogP contribution in [0.25, 0.3) is 0 Å². The highest BCUT2D eigenvalue weighted by Crippen LogP contribution is 2.30. The third kappa shape index (κ3) is 3.52. The molecule has 0 radical (unpaired) electrons. The summed E-state index contributed by atoms with van der Waals surface area (Å²) in [4.78, 5) is 0.743. The van der Waals surface area contributed by atoms with Crippen molar-refractivity contribution in [1.29, 1.82) is 0 Å². The van der Waals surface area contributed by atoms with Gasteiger partial charge in [-0.2, -0.15) is 0 Å². The van der Waals surface area contributed by atoms with Gasteiger partial charge in [0.25, 0.3) is 0 Å². The summed E-state index contributed by atoms with van der Waals surface area (Å²) in [6, 6.07) is 7.62. The van der Waals surface area contributed by atoms with Gasteiger partial charge in [0.2, 0.25) is 0 Å². The van der Waals surface area contributed by atoms with Crippen LogP contribution >= 0.6 is 0 Å². The maximum absolute atomic E-state index is 13.6. The quantitative estimate of drug-likeness (QED) is 0.820. The Morgan fingerprint density at radius 1 is 1.45 bits per heavy atom. The van der Waals surface area contributed by atoms with Gasteiger partial charge < -0.3 is 5.73 Å². The molecule has 1 atom stereocenters. The third-order valence-corrected chi connectivity index (χ3v) is 5.83. The van der Waals surface area contributed by atoms with Crippen LogP contribution in [0.5, 0.6) is 0 Å². The van der Waals surface area contributed by atoms with Crippen LogP contribution in [0.4, 0.5) is 5.69 Å². The predicted molar refractivity (Wildman–Crippen MR) is 84.8 cm³/mol. The Kier molecular flexibility index (Phi) is 4.70. The molecule has 0 aromatic heterocycles. The van der Waals surface area contributed by atoms with Crippen molar-refractivity contribution in [2.75, 3.05) is 18.8 Å². The van der Waals surface area contributed by atoms with Gasteiger partial charge in [0.15, 0.2) is 0 Å². The molecular formula is C15H25N3OS. The number of nitrogen functional groups attached to an aromatic ring is 1. The van der Waals surface area contributed by atoms with E-state index in [9.17, 15) is 4.21 Å². The van der Waals surface area contributed by atoms with Gasteiger partial charge in [-0.05, 0) is 37.0 Å². The molecule has 1 aromatic rings. The molecule has 112 valence electrons. The third-order valence-electron chi connectivity index (χ3n) is 3.28. The minimum atomic E-state index is -2.53. The maximum Gasteiger partial charge on any atom is 0.140 e. The summed E-state index contributed by atoms with van der Waals surface area (Å²) in [5, 5.41) is 0. The Morgan fingerprint density at radius 3 is 2.65 bits per heavy atom. The summed E-state index contributed by atoms with van der Waals surface area (Å²) in [6.07, 6.45) is 2.11. The van der Waals surface area contributed by atoms with Gasteiger partial charge in [-0.15, -0.1) is 0 Å². The second kappa shape index (κ2) is 6.14. The molecular weight excluding hydrogens is 270 g/mol. The van der Waals surface area contributed by atoms with Crippen LogP contribution in [0, 0.1) is 5.92 Å². The van der Waals surface area contributed by atoms with E-state index in [0.717, 1.165) is 30.8 Å². The highest BCUT2D eigenvalue weighted by atomic mass is 32.2. The number of hydrogen-bond donors (Lipinski definition) is 1. The Labute approximate surface area is 122 Å². The topological polar surface area (TPSA) is 58.7 Å². The first-order valence-corrected chi connectivity index (χ1v) is 8.80. The molecule has 1 fully saturated rings. The van der Waals surface area contributed by atoms with E-state index < -0.39 is 9.92 Å². The molecule has 4 nitrogen and oxygen atoms in total. The SMILES string of the molecule is CCN(CC(C)C)S(=O)(=NC1CC1)c1cccc(N)c1. The lowest BCUT2D eigenvalue weighted by Gasteiger charge is -2.26. The number of nitrogens with zero attached hydrogens (tertiary/aromatic N) is 2. The molecule has 5 heteroatoms. The summed E-state index contributed by atoms with van der Waals surface area (Å²) < 4.78 is 20.2. The Morgan fingerprint density at radius 2 is 2.15 bits per heavy atom. The van der Waals surface area contributed by atoms with E-state index in [4.69, 9.17) is 5.73 Å². The molecule has 1 aliphatic carbocycles. The van der Waals surface area contributed by atoms with E-state index in [2.05, 4.69) is 18.2 Å². The minimum absolute atomic E-state index is 0.255. The van der Waals surface area contributed by atoms with Gasteiger partial charge in [0.1, 0.15) is 9.92 Å². The molecule has 2 rings (SSSR count). The number of rotatable bonds is 6. The molecule has 1 aromatic carbocycles. The van der Waals surface area contributed by atoms with Crippen LogP contribution < -0.4 is 5.73 Å². The van der Waals surface area contributed by atoms with Crippen LogP contribution in [0.2, 0.25) is 0 Å². The van der Waals surface area contributed by atoms with E-state index in [1.54, 1.807) is 6.07 Å². The molecule has 2 N–H and O–H groups in total. The fourth-order valence-corrected chi connectivity index (χ4v) is 4.71. The summed E-state index contributed by atoms with van der Waals surface area (Å²) in [6.45, 7) is 7.82. The van der Waals surface area contributed by atoms with Crippen molar-refractivity contribution in [3.63, 3.8) is 0 Å². The standard InChI is InChI=1S/C15H25N3OS/c1-4-18(11-12(2)3)20(19,17-14-8-9-14)15-7-5-6-13(16)10-15/h5-7,10,12,14H,4,8-9,11,16H2,1-3H3. The van der Waals surface area contributed by atoms with Gasteiger partial charge in [-0.3, -0.25) is 0 Å². The van der Waals surface area contributed by atoms with E-state index in [0.29, 0.717) is 11.6 Å². The van der Waals surface area contributed by atoms with Crippen molar-refractivity contribution in [3.8, 4) is 0 Å². The zero-order valence-electron chi connectivity index (χ0n) is 12.6. The summed E-state index contributed by atoms with van der Waals surface area (Å²) in [5.41, 5.74) is 6.50. The van der Waals surface area contributed by atoms with Crippen molar-refractivity contribution < 1.29 is 4.21 Å². The molecule has 0 amide bonds. The van der Waals surface area contributed by atoms with Crippen molar-refractivity contribution in [3.05, 3.63) is 24.3 Å². The van der Waals surface area contributed by atoms with Crippen molar-refractivity contribution in [2.45, 2.75) is 44.6 Å². The molecule has 0 heterocycles. The van der Waals surface area contributed by atoms with Crippen LogP contribution in [0.1, 0.15) is 33.6 Å². The van der Waals surface area contributed by atoms with Crippen molar-refractivity contribution in [1.82, 2.24) is 4.31 Å². The molecule has 0 bridgehead atoms. The molecule has 1 saturated carbocycles. The van der Waals surface area contributed by atoms with Gasteiger partial charge in [0, 0.05) is 18.8 Å². The van der Waals surface area contributed by atoms with Gasteiger partial charge >= 0.3 is 0 Å². The van der Waals surface area contributed by atoms with Crippen molar-refractivity contribution >= 4 is 15.6 Å². The zero-order chi connectivity index (χ0) is 14.8. The van der Waals surface area contributed by atoms with Crippen LogP contribution in [-0.2, 0) is 9.92 Å². The average molecular weight is 295 g/mol. The Bertz CT molecular complexity index is 572. The number of nitrogens with two attached hydrogens (primary N) is 1. The van der Waals surface area contributed by atoms with Crippen molar-refractivity contribution in [2.24, 2.45) is 10.3 Å². The highest BCUT2D eigenvalue weighted by Gasteiger charge is 2.28. The summed E-state index contributed by atoms with van der Waals surface area (Å²) in [7, 11) is -2.53. The Hall–Kier alpha value is -1.07. The Balaban J connectivity index is 2.47. The number of hydrogen-bond acceptors (Lipinski definition) is 3. The maximum atomic E-state index is 13.6. The first-order chi connectivity index (χ1) is 9.45. The van der Waals surface area contributed by atoms with E-state index in [1.165, 1.54) is 0 Å². The largest absolute Gasteiger partial charge is 0.399 e. The summed E-state index contributed by atoms with van der Waals surface area (Å²) >= 11 is 0. The molecule has 20 heavy (non-hydrogen) atoms. The van der Waals surface area contributed by atoms with Crippen LogP contribution in [0.3, 0.4) is 0 Å². The first kappa shape index (κ1) is 15.3. The monoisotopic (exact) mass is 295 g/mol. The first-order valence-electron chi connectivity index (χ1n) is 7.32. The average Bonchev–Trinajstić information content (AvgIpc) is 3.19. The van der Waals surface area contributed by atoms with Gasteiger partial charge in [-0.25, -0.2) is 12.9 Å². The van der Waals surface area contributed by atoms with Gasteiger partial charge in [-0.1, -0.05) is 26.8 Å². The molecule has 0 aliphatic heterocycles. The lowest BCUT2D eigenvalue weighted by atomic mass is 10.2. The lowest BCUT2D eigenvalue weighted by Crippen LogP contribution is -2.34. The number of anilines is 1. The summed E-state index contributed by atoms with van der Waals surface area (Å²) in [5.74, 6) is 0.450. The second-order valence-corrected chi connectivity index (χ2v) is 7.97. The highest BCUT2D eigenvalue weighted by molar-refractivity contribution is 7.91. The molecule has 0 saturated heterocycles. The normalized spacial score (nSPS) is 18.2. The fourth-order valence-electron chi connectivity index (χ4n) is 2.15. The minimum Gasteiger partial charge on any atom is -0.399 e. The van der Waals surface area contributed by atoms with E-state index in [-0.39, 0.29) is 6.04 Å². The molecule has 1 unspecified atom stereocenters. The zero-order valence-corrected chi connectivity index (χ0v) is 13.4. The molecule has 1 aliphatic rings. The van der Waals surface area contributed by atoms with Crippen LogP contribution in [-0.4, -0.2) is 27.6 Å². The van der Waals surface area contributed by atoms with E-state index >= 15 is 0 Å². The fraction of sp³-hybridized carbons (Fsp3) is 0.600. The number of benzene rings is 1. The lowest BCUT2D eigenvalue weighted by molar-refractivity contribution is 0.399. The smallest absolute Gasteiger partial charge is 0.140 e. The second-order valence-electron chi connectivity index (χ2n) is 5.78. The van der Waals surface area contributed by atoms with Crippen LogP contribution in [0.15, 0.2) is 33.5 Å². The van der Waals surface area contributed by atoms with Gasteiger partial charge in [0.05, 0.1) is 10.9 Å².